The monoisotopic (exact) mass is 469 g/mol. The van der Waals surface area contributed by atoms with E-state index in [1.165, 1.54) is 11.2 Å². The van der Waals surface area contributed by atoms with Crippen molar-refractivity contribution < 1.29 is 22.4 Å². The van der Waals surface area contributed by atoms with E-state index in [0.717, 1.165) is 34.2 Å². The zero-order chi connectivity index (χ0) is 24.2. The highest BCUT2D eigenvalue weighted by atomic mass is 19.4. The number of fused-ring (bicyclic) bond motifs is 2. The maximum atomic E-state index is 13.7. The lowest BCUT2D eigenvalue weighted by molar-refractivity contribution is -0.137. The molecule has 0 atom stereocenters. The van der Waals surface area contributed by atoms with Crippen LogP contribution in [-0.4, -0.2) is 27.0 Å². The number of amides is 1. The number of hydrogen-bond donors (Lipinski definition) is 1. The molecule has 0 bridgehead atoms. The summed E-state index contributed by atoms with van der Waals surface area (Å²) in [5.74, 6) is -1.05. The zero-order valence-corrected chi connectivity index (χ0v) is 18.0. The number of halogens is 4. The lowest BCUT2D eigenvalue weighted by Crippen LogP contribution is -2.30. The first-order chi connectivity index (χ1) is 16.1. The maximum Gasteiger partial charge on any atom is 0.416 e. The van der Waals surface area contributed by atoms with Gasteiger partial charge in [-0.15, -0.1) is 0 Å². The molecule has 5 rings (SSSR count). The fourth-order valence-electron chi connectivity index (χ4n) is 4.47. The highest BCUT2D eigenvalue weighted by Crippen LogP contribution is 2.37. The molecule has 0 aliphatic carbocycles. The summed E-state index contributed by atoms with van der Waals surface area (Å²) in [4.78, 5) is 22.8. The van der Waals surface area contributed by atoms with Gasteiger partial charge >= 0.3 is 6.18 Å². The number of hydrogen-bond acceptors (Lipinski definition) is 4. The van der Waals surface area contributed by atoms with Crippen LogP contribution in [0.1, 0.15) is 16.7 Å². The predicted molar refractivity (Wildman–Crippen MR) is 120 cm³/mol. The lowest BCUT2D eigenvalue weighted by atomic mass is 10.0. The van der Waals surface area contributed by atoms with Crippen LogP contribution in [0.3, 0.4) is 0 Å². The summed E-state index contributed by atoms with van der Waals surface area (Å²) >= 11 is 0. The molecular weight excluding hydrogens is 450 g/mol. The zero-order valence-electron chi connectivity index (χ0n) is 18.0. The molecule has 4 aromatic rings. The molecule has 34 heavy (non-hydrogen) atoms. The topological polar surface area (TPSA) is 77.0 Å². The molecule has 0 spiro atoms. The van der Waals surface area contributed by atoms with Gasteiger partial charge in [0.2, 0.25) is 5.91 Å². The van der Waals surface area contributed by atoms with E-state index in [1.54, 1.807) is 6.07 Å². The second kappa shape index (κ2) is 7.82. The predicted octanol–water partition coefficient (Wildman–Crippen LogP) is 4.51. The fourth-order valence-corrected chi connectivity index (χ4v) is 4.47. The molecule has 1 aliphatic rings. The summed E-state index contributed by atoms with van der Waals surface area (Å²) in [7, 11) is 1.86. The fraction of sp³-hybridized carbons (Fsp3) is 0.208. The highest BCUT2D eigenvalue weighted by molar-refractivity contribution is 6.02. The van der Waals surface area contributed by atoms with Crippen molar-refractivity contribution in [2.75, 3.05) is 17.2 Å². The minimum atomic E-state index is -4.69. The number of nitrogens with two attached hydrogens (primary N) is 1. The Morgan fingerprint density at radius 2 is 1.94 bits per heavy atom. The Bertz CT molecular complexity index is 1440. The summed E-state index contributed by atoms with van der Waals surface area (Å²) in [6.07, 6.45) is -1.12. The number of rotatable bonds is 3. The van der Waals surface area contributed by atoms with E-state index in [4.69, 9.17) is 5.73 Å². The summed E-state index contributed by atoms with van der Waals surface area (Å²) < 4.78 is 54.6. The first-order valence-corrected chi connectivity index (χ1v) is 10.5. The van der Waals surface area contributed by atoms with Crippen molar-refractivity contribution in [3.8, 4) is 11.1 Å². The van der Waals surface area contributed by atoms with Gasteiger partial charge in [0.25, 0.3) is 0 Å². The minimum absolute atomic E-state index is 0.0198. The Morgan fingerprint density at radius 1 is 1.15 bits per heavy atom. The first-order valence-electron chi connectivity index (χ1n) is 10.5. The van der Waals surface area contributed by atoms with Crippen molar-refractivity contribution in [1.82, 2.24) is 14.5 Å². The number of aryl methyl sites for hydroxylation is 1. The van der Waals surface area contributed by atoms with E-state index in [1.807, 2.05) is 29.9 Å². The molecule has 0 unspecified atom stereocenters. The number of alkyl halides is 3. The number of carbonyl (C=O) groups is 1. The molecule has 6 nitrogen and oxygen atoms in total. The van der Waals surface area contributed by atoms with Crippen molar-refractivity contribution in [1.29, 1.82) is 0 Å². The van der Waals surface area contributed by atoms with Crippen molar-refractivity contribution in [2.45, 2.75) is 19.0 Å². The average Bonchev–Trinajstić information content (AvgIpc) is 3.34. The van der Waals surface area contributed by atoms with Gasteiger partial charge in [0.05, 0.1) is 17.4 Å². The van der Waals surface area contributed by atoms with Crippen LogP contribution in [0.15, 0.2) is 48.9 Å². The second-order valence-electron chi connectivity index (χ2n) is 8.27. The Kier molecular flexibility index (Phi) is 5.03. The number of benzene rings is 2. The van der Waals surface area contributed by atoms with Crippen molar-refractivity contribution >= 4 is 28.4 Å². The van der Waals surface area contributed by atoms with Gasteiger partial charge in [-0.2, -0.15) is 13.2 Å². The van der Waals surface area contributed by atoms with Gasteiger partial charge in [-0.3, -0.25) is 4.79 Å². The molecule has 0 saturated carbocycles. The van der Waals surface area contributed by atoms with Gasteiger partial charge in [-0.05, 0) is 53.4 Å². The normalized spacial score (nSPS) is 13.5. The molecule has 174 valence electrons. The van der Waals surface area contributed by atoms with Crippen LogP contribution < -0.4 is 10.6 Å². The molecule has 0 radical (unpaired) electrons. The van der Waals surface area contributed by atoms with Crippen LogP contribution in [0.25, 0.3) is 22.2 Å². The molecule has 3 heterocycles. The molecule has 10 heteroatoms. The van der Waals surface area contributed by atoms with E-state index in [-0.39, 0.29) is 12.0 Å². The second-order valence-corrected chi connectivity index (χ2v) is 8.27. The molecule has 1 amide bonds. The third kappa shape index (κ3) is 3.74. The van der Waals surface area contributed by atoms with E-state index < -0.39 is 23.5 Å². The number of anilines is 2. The van der Waals surface area contributed by atoms with E-state index in [0.29, 0.717) is 36.2 Å². The summed E-state index contributed by atoms with van der Waals surface area (Å²) in [5, 5.41) is 0.738. The number of carbonyl (C=O) groups excluding carboxylic acids is 1. The molecule has 1 aliphatic heterocycles. The Morgan fingerprint density at radius 3 is 2.71 bits per heavy atom. The Hall–Kier alpha value is -3.95. The molecule has 0 fully saturated rings. The lowest BCUT2D eigenvalue weighted by Gasteiger charge is -2.18. The average molecular weight is 469 g/mol. The van der Waals surface area contributed by atoms with Gasteiger partial charge in [0.15, 0.2) is 0 Å². The Balaban J connectivity index is 1.43. The smallest absolute Gasteiger partial charge is 0.383 e. The largest absolute Gasteiger partial charge is 0.416 e. The third-order valence-electron chi connectivity index (χ3n) is 6.01. The summed E-state index contributed by atoms with van der Waals surface area (Å²) in [6, 6.07) is 7.82. The SMILES string of the molecule is Cn1cc(-c2ccc3c(c2)CCN3C(=O)Cc2cc(F)cc(C(F)(F)F)c2)c2c(N)ncnc21. The van der Waals surface area contributed by atoms with E-state index in [2.05, 4.69) is 9.97 Å². The van der Waals surface area contributed by atoms with Gasteiger partial charge in [0.1, 0.15) is 23.6 Å². The number of nitrogen functional groups attached to an aromatic ring is 1. The molecule has 0 saturated heterocycles. The minimum Gasteiger partial charge on any atom is -0.383 e. The van der Waals surface area contributed by atoms with Gasteiger partial charge < -0.3 is 15.2 Å². The van der Waals surface area contributed by atoms with Gasteiger partial charge in [-0.25, -0.2) is 14.4 Å². The van der Waals surface area contributed by atoms with Crippen LogP contribution in [0, 0.1) is 5.82 Å². The van der Waals surface area contributed by atoms with E-state index in [9.17, 15) is 22.4 Å². The van der Waals surface area contributed by atoms with Crippen LogP contribution in [0.5, 0.6) is 0 Å². The third-order valence-corrected chi connectivity index (χ3v) is 6.01. The molecular formula is C24H19F4N5O. The van der Waals surface area contributed by atoms with Crippen molar-refractivity contribution in [3.63, 3.8) is 0 Å². The number of nitrogens with zero attached hydrogens (tertiary/aromatic N) is 4. The van der Waals surface area contributed by atoms with Gasteiger partial charge in [-0.1, -0.05) is 6.07 Å². The van der Waals surface area contributed by atoms with Crippen LogP contribution in [-0.2, 0) is 30.9 Å². The van der Waals surface area contributed by atoms with Crippen LogP contribution in [0.4, 0.5) is 29.1 Å². The highest BCUT2D eigenvalue weighted by Gasteiger charge is 2.32. The van der Waals surface area contributed by atoms with Crippen molar-refractivity contribution in [2.24, 2.45) is 7.05 Å². The summed E-state index contributed by atoms with van der Waals surface area (Å²) in [5.41, 5.74) is 9.02. The van der Waals surface area contributed by atoms with Crippen LogP contribution in [0.2, 0.25) is 0 Å². The number of aromatic nitrogens is 3. The summed E-state index contributed by atoms with van der Waals surface area (Å²) in [6.45, 7) is 0.389. The Labute approximate surface area is 191 Å². The molecule has 2 aromatic heterocycles. The van der Waals surface area contributed by atoms with E-state index >= 15 is 0 Å². The molecule has 2 N–H and O–H groups in total. The maximum absolute atomic E-state index is 13.7. The molecule has 2 aromatic carbocycles. The standard InChI is InChI=1S/C24H19F4N5O/c1-32-11-18(21-22(29)30-12-31-23(21)32)14-2-3-19-15(9-14)4-5-33(19)20(34)8-13-6-16(24(26,27)28)10-17(25)7-13/h2-3,6-7,9-12H,4-5,8H2,1H3,(H2,29,30,31). The first kappa shape index (κ1) is 21.9. The van der Waals surface area contributed by atoms with Crippen LogP contribution >= 0.6 is 0 Å². The van der Waals surface area contributed by atoms with Crippen molar-refractivity contribution in [3.05, 3.63) is 71.4 Å². The van der Waals surface area contributed by atoms with Gasteiger partial charge in [0, 0.05) is 31.0 Å². The quantitative estimate of drug-likeness (QED) is 0.448.